The summed E-state index contributed by atoms with van der Waals surface area (Å²) >= 11 is 0. The highest BCUT2D eigenvalue weighted by molar-refractivity contribution is 5.88. The van der Waals surface area contributed by atoms with Crippen molar-refractivity contribution in [2.24, 2.45) is 0 Å². The van der Waals surface area contributed by atoms with Crippen LogP contribution in [0.25, 0.3) is 0 Å². The zero-order valence-corrected chi connectivity index (χ0v) is 11.4. The van der Waals surface area contributed by atoms with E-state index in [9.17, 15) is 4.79 Å². The normalized spacial score (nSPS) is 18.0. The third-order valence-electron chi connectivity index (χ3n) is 3.51. The van der Waals surface area contributed by atoms with Crippen LogP contribution >= 0.6 is 0 Å². The zero-order valence-electron chi connectivity index (χ0n) is 11.4. The molecule has 0 aliphatic carbocycles. The first-order chi connectivity index (χ1) is 9.02. The fourth-order valence-corrected chi connectivity index (χ4v) is 2.21. The van der Waals surface area contributed by atoms with Crippen LogP contribution in [-0.4, -0.2) is 34.8 Å². The molecule has 0 aromatic carbocycles. The number of ether oxygens (including phenoxy) is 1. The van der Waals surface area contributed by atoms with E-state index in [0.717, 1.165) is 38.2 Å². The number of rotatable bonds is 4. The summed E-state index contributed by atoms with van der Waals surface area (Å²) in [6.07, 6.45) is 2.51. The van der Waals surface area contributed by atoms with Gasteiger partial charge in [-0.2, -0.15) is 0 Å². The average molecular weight is 264 g/mol. The fourth-order valence-electron chi connectivity index (χ4n) is 2.21. The molecule has 2 heterocycles. The molecule has 0 radical (unpaired) electrons. The van der Waals surface area contributed by atoms with Gasteiger partial charge in [-0.25, -0.2) is 9.78 Å². The van der Waals surface area contributed by atoms with Gasteiger partial charge >= 0.3 is 5.97 Å². The van der Waals surface area contributed by atoms with Gasteiger partial charge in [-0.05, 0) is 38.3 Å². The molecular weight excluding hydrogens is 244 g/mol. The van der Waals surface area contributed by atoms with Crippen LogP contribution < -0.4 is 5.32 Å². The van der Waals surface area contributed by atoms with Gasteiger partial charge in [-0.15, -0.1) is 0 Å². The first-order valence-corrected chi connectivity index (χ1v) is 6.62. The lowest BCUT2D eigenvalue weighted by Gasteiger charge is -2.35. The van der Waals surface area contributed by atoms with E-state index in [4.69, 9.17) is 9.84 Å². The van der Waals surface area contributed by atoms with Gasteiger partial charge in [-0.1, -0.05) is 6.92 Å². The Bertz CT molecular complexity index is 468. The van der Waals surface area contributed by atoms with Crippen LogP contribution in [-0.2, 0) is 11.2 Å². The van der Waals surface area contributed by atoms with Crippen LogP contribution in [0.1, 0.15) is 42.7 Å². The second-order valence-corrected chi connectivity index (χ2v) is 5.19. The van der Waals surface area contributed by atoms with Crippen LogP contribution in [0.15, 0.2) is 12.1 Å². The van der Waals surface area contributed by atoms with Crippen LogP contribution in [0, 0.1) is 0 Å². The molecule has 5 nitrogen and oxygen atoms in total. The lowest BCUT2D eigenvalue weighted by Crippen LogP contribution is -2.41. The molecule has 1 fully saturated rings. The molecule has 1 saturated heterocycles. The maximum absolute atomic E-state index is 11.1. The number of hydrogen-bond donors (Lipinski definition) is 2. The molecule has 5 heteroatoms. The second kappa shape index (κ2) is 5.57. The summed E-state index contributed by atoms with van der Waals surface area (Å²) in [5.74, 6) is -0.279. The molecule has 0 unspecified atom stereocenters. The van der Waals surface area contributed by atoms with E-state index in [1.165, 1.54) is 0 Å². The quantitative estimate of drug-likeness (QED) is 0.873. The SMILES string of the molecule is CCc1cc(C(=O)O)cc(NC2(C)CCOCC2)n1. The Morgan fingerprint density at radius 2 is 2.16 bits per heavy atom. The number of aromatic carboxylic acids is 1. The van der Waals surface area contributed by atoms with E-state index >= 15 is 0 Å². The van der Waals surface area contributed by atoms with Gasteiger partial charge in [0.05, 0.1) is 5.56 Å². The lowest BCUT2D eigenvalue weighted by molar-refractivity contribution is 0.0655. The Labute approximate surface area is 113 Å². The number of carboxylic acid groups (broad SMARTS) is 1. The summed E-state index contributed by atoms with van der Waals surface area (Å²) < 4.78 is 5.35. The molecule has 1 aliphatic rings. The van der Waals surface area contributed by atoms with Crippen molar-refractivity contribution in [3.8, 4) is 0 Å². The van der Waals surface area contributed by atoms with Gasteiger partial charge in [0.25, 0.3) is 0 Å². The first kappa shape index (κ1) is 13.8. The molecule has 1 aromatic heterocycles. The molecule has 2 rings (SSSR count). The van der Waals surface area contributed by atoms with Crippen molar-refractivity contribution < 1.29 is 14.6 Å². The molecule has 19 heavy (non-hydrogen) atoms. The highest BCUT2D eigenvalue weighted by atomic mass is 16.5. The van der Waals surface area contributed by atoms with Crippen molar-refractivity contribution in [3.63, 3.8) is 0 Å². The smallest absolute Gasteiger partial charge is 0.335 e. The number of carboxylic acids is 1. The molecule has 1 aliphatic heterocycles. The Kier molecular flexibility index (Phi) is 4.04. The Hall–Kier alpha value is -1.62. The number of carbonyl (C=O) groups is 1. The van der Waals surface area contributed by atoms with Crippen molar-refractivity contribution in [1.82, 2.24) is 4.98 Å². The predicted octanol–water partition coefficient (Wildman–Crippen LogP) is 2.32. The number of aromatic nitrogens is 1. The molecule has 0 amide bonds. The second-order valence-electron chi connectivity index (χ2n) is 5.19. The summed E-state index contributed by atoms with van der Waals surface area (Å²) in [7, 11) is 0. The molecule has 0 saturated carbocycles. The Morgan fingerprint density at radius 3 is 2.74 bits per heavy atom. The van der Waals surface area contributed by atoms with Crippen molar-refractivity contribution >= 4 is 11.8 Å². The summed E-state index contributed by atoms with van der Waals surface area (Å²) in [5, 5.41) is 12.5. The number of nitrogens with one attached hydrogen (secondary N) is 1. The minimum Gasteiger partial charge on any atom is -0.478 e. The molecule has 0 spiro atoms. The number of pyridine rings is 1. The van der Waals surface area contributed by atoms with E-state index in [0.29, 0.717) is 5.82 Å². The summed E-state index contributed by atoms with van der Waals surface area (Å²) in [4.78, 5) is 15.6. The van der Waals surface area contributed by atoms with Gasteiger partial charge in [0.1, 0.15) is 5.82 Å². The third-order valence-corrected chi connectivity index (χ3v) is 3.51. The summed E-state index contributed by atoms with van der Waals surface area (Å²) in [5.41, 5.74) is 0.996. The van der Waals surface area contributed by atoms with Crippen molar-refractivity contribution in [3.05, 3.63) is 23.4 Å². The molecule has 0 bridgehead atoms. The van der Waals surface area contributed by atoms with Gasteiger partial charge in [0, 0.05) is 24.4 Å². The van der Waals surface area contributed by atoms with Crippen LogP contribution in [0.5, 0.6) is 0 Å². The number of nitrogens with zero attached hydrogens (tertiary/aromatic N) is 1. The summed E-state index contributed by atoms with van der Waals surface area (Å²) in [6, 6.07) is 3.22. The maximum Gasteiger partial charge on any atom is 0.335 e. The summed E-state index contributed by atoms with van der Waals surface area (Å²) in [6.45, 7) is 5.54. The van der Waals surface area contributed by atoms with Crippen molar-refractivity contribution in [2.45, 2.75) is 38.6 Å². The molecular formula is C14H20N2O3. The molecule has 2 N–H and O–H groups in total. The largest absolute Gasteiger partial charge is 0.478 e. The standard InChI is InChI=1S/C14H20N2O3/c1-3-11-8-10(13(17)18)9-12(15-11)16-14(2)4-6-19-7-5-14/h8-9H,3-7H2,1-2H3,(H,15,16)(H,17,18). The Morgan fingerprint density at radius 1 is 1.47 bits per heavy atom. The number of anilines is 1. The number of aryl methyl sites for hydroxylation is 1. The van der Waals surface area contributed by atoms with Crippen molar-refractivity contribution in [2.75, 3.05) is 18.5 Å². The topological polar surface area (TPSA) is 71.5 Å². The zero-order chi connectivity index (χ0) is 13.9. The van der Waals surface area contributed by atoms with E-state index in [1.54, 1.807) is 12.1 Å². The average Bonchev–Trinajstić information content (AvgIpc) is 2.38. The van der Waals surface area contributed by atoms with Gasteiger partial charge < -0.3 is 15.2 Å². The Balaban J connectivity index is 2.23. The third kappa shape index (κ3) is 3.44. The minimum absolute atomic E-state index is 0.0760. The highest BCUT2D eigenvalue weighted by Crippen LogP contribution is 2.25. The minimum atomic E-state index is -0.919. The van der Waals surface area contributed by atoms with E-state index in [2.05, 4.69) is 17.2 Å². The van der Waals surface area contributed by atoms with Gasteiger partial charge in [0.2, 0.25) is 0 Å². The highest BCUT2D eigenvalue weighted by Gasteiger charge is 2.27. The first-order valence-electron chi connectivity index (χ1n) is 6.62. The van der Waals surface area contributed by atoms with Crippen LogP contribution in [0.2, 0.25) is 0 Å². The van der Waals surface area contributed by atoms with Crippen molar-refractivity contribution in [1.29, 1.82) is 0 Å². The lowest BCUT2D eigenvalue weighted by atomic mass is 9.92. The number of hydrogen-bond acceptors (Lipinski definition) is 4. The van der Waals surface area contributed by atoms with Crippen LogP contribution in [0.4, 0.5) is 5.82 Å². The predicted molar refractivity (Wildman–Crippen MR) is 72.7 cm³/mol. The van der Waals surface area contributed by atoms with E-state index in [-0.39, 0.29) is 11.1 Å². The molecule has 0 atom stereocenters. The van der Waals surface area contributed by atoms with E-state index in [1.807, 2.05) is 6.92 Å². The molecule has 1 aromatic rings. The van der Waals surface area contributed by atoms with Gasteiger partial charge in [-0.3, -0.25) is 0 Å². The maximum atomic E-state index is 11.1. The van der Waals surface area contributed by atoms with E-state index < -0.39 is 5.97 Å². The van der Waals surface area contributed by atoms with Crippen LogP contribution in [0.3, 0.4) is 0 Å². The fraction of sp³-hybridized carbons (Fsp3) is 0.571. The van der Waals surface area contributed by atoms with Gasteiger partial charge in [0.15, 0.2) is 0 Å². The molecule has 104 valence electrons. The monoisotopic (exact) mass is 264 g/mol.